The Bertz CT molecular complexity index is 289. The lowest BCUT2D eigenvalue weighted by Crippen LogP contribution is -2.38. The number of carbonyl (C=O) groups is 1. The normalized spacial score (nSPS) is 26.2. The van der Waals surface area contributed by atoms with Crippen LogP contribution in [0, 0.1) is 0 Å². The van der Waals surface area contributed by atoms with Gasteiger partial charge in [-0.1, -0.05) is 0 Å². The average molecular weight is 266 g/mol. The molecule has 0 bridgehead atoms. The molecule has 8 heteroatoms. The van der Waals surface area contributed by atoms with E-state index in [4.69, 9.17) is 10.6 Å². The van der Waals surface area contributed by atoms with Gasteiger partial charge in [0.1, 0.15) is 0 Å². The number of amides is 1. The minimum atomic E-state index is -2.99. The molecule has 0 aliphatic carbocycles. The van der Waals surface area contributed by atoms with Gasteiger partial charge in [0.25, 0.3) is 0 Å². The SMILES string of the molecule is NCCCC(=O)N1CC(O)CC1CO[PH](=O)O. The molecule has 100 valence electrons. The van der Waals surface area contributed by atoms with Gasteiger partial charge in [-0.3, -0.25) is 9.36 Å². The third-order valence-electron chi connectivity index (χ3n) is 2.71. The number of carbonyl (C=O) groups excluding carboxylic acids is 1. The topological polar surface area (TPSA) is 113 Å². The lowest BCUT2D eigenvalue weighted by Gasteiger charge is -2.23. The molecule has 1 rings (SSSR count). The van der Waals surface area contributed by atoms with Crippen molar-refractivity contribution in [1.29, 1.82) is 0 Å². The van der Waals surface area contributed by atoms with E-state index in [1.54, 1.807) is 0 Å². The molecule has 3 atom stereocenters. The van der Waals surface area contributed by atoms with E-state index < -0.39 is 14.4 Å². The fraction of sp³-hybridized carbons (Fsp3) is 0.889. The van der Waals surface area contributed by atoms with Gasteiger partial charge in [-0.05, 0) is 19.4 Å². The number of nitrogens with two attached hydrogens (primary N) is 1. The van der Waals surface area contributed by atoms with Crippen LogP contribution in [0.4, 0.5) is 0 Å². The van der Waals surface area contributed by atoms with Crippen LogP contribution in [-0.4, -0.2) is 52.6 Å². The second-order valence-electron chi connectivity index (χ2n) is 4.06. The summed E-state index contributed by atoms with van der Waals surface area (Å²) in [7, 11) is -2.99. The summed E-state index contributed by atoms with van der Waals surface area (Å²) in [6.45, 7) is 0.678. The Labute approximate surface area is 100 Å². The van der Waals surface area contributed by atoms with Crippen molar-refractivity contribution in [3.8, 4) is 0 Å². The summed E-state index contributed by atoms with van der Waals surface area (Å²) >= 11 is 0. The van der Waals surface area contributed by atoms with Gasteiger partial charge < -0.3 is 25.2 Å². The first kappa shape index (κ1) is 14.6. The summed E-state index contributed by atoms with van der Waals surface area (Å²) in [5, 5.41) is 9.50. The Kier molecular flexibility index (Phi) is 6.08. The molecule has 0 spiro atoms. The van der Waals surface area contributed by atoms with Crippen molar-refractivity contribution < 1.29 is 23.9 Å². The standard InChI is InChI=1S/C9H19N2O5P/c10-3-1-2-9(13)11-5-8(12)4-7(11)6-16-17(14)15/h7-8,12,17H,1-6,10H2,(H,14,15). The smallest absolute Gasteiger partial charge is 0.316 e. The zero-order valence-corrected chi connectivity index (χ0v) is 10.5. The van der Waals surface area contributed by atoms with E-state index in [9.17, 15) is 14.5 Å². The molecule has 1 aliphatic rings. The Morgan fingerprint density at radius 1 is 1.59 bits per heavy atom. The van der Waals surface area contributed by atoms with E-state index in [2.05, 4.69) is 4.52 Å². The average Bonchev–Trinajstić information content (AvgIpc) is 2.64. The number of aliphatic hydroxyl groups is 1. The van der Waals surface area contributed by atoms with E-state index in [1.807, 2.05) is 0 Å². The van der Waals surface area contributed by atoms with Crippen LogP contribution in [0.5, 0.6) is 0 Å². The third-order valence-corrected chi connectivity index (χ3v) is 3.12. The van der Waals surface area contributed by atoms with Crippen molar-refractivity contribution in [1.82, 2.24) is 4.90 Å². The van der Waals surface area contributed by atoms with Crippen LogP contribution >= 0.6 is 8.25 Å². The van der Waals surface area contributed by atoms with E-state index >= 15 is 0 Å². The molecule has 1 aliphatic heterocycles. The molecule has 17 heavy (non-hydrogen) atoms. The van der Waals surface area contributed by atoms with E-state index in [-0.39, 0.29) is 25.1 Å². The van der Waals surface area contributed by atoms with Crippen LogP contribution in [0.15, 0.2) is 0 Å². The maximum atomic E-state index is 11.8. The third kappa shape index (κ3) is 4.73. The van der Waals surface area contributed by atoms with E-state index in [0.717, 1.165) is 0 Å². The fourth-order valence-corrected chi connectivity index (χ4v) is 2.25. The second-order valence-corrected chi connectivity index (χ2v) is 4.88. The highest BCUT2D eigenvalue weighted by Crippen LogP contribution is 2.23. The molecule has 1 fully saturated rings. The van der Waals surface area contributed by atoms with Gasteiger partial charge in [0.2, 0.25) is 5.91 Å². The number of rotatable bonds is 6. The molecule has 0 aromatic rings. The number of hydrogen-bond donors (Lipinski definition) is 3. The van der Waals surface area contributed by atoms with Crippen molar-refractivity contribution in [2.45, 2.75) is 31.4 Å². The zero-order chi connectivity index (χ0) is 12.8. The largest absolute Gasteiger partial charge is 0.391 e. The molecule has 1 saturated heterocycles. The van der Waals surface area contributed by atoms with E-state index in [1.165, 1.54) is 4.90 Å². The minimum absolute atomic E-state index is 0.0142. The molecule has 1 heterocycles. The zero-order valence-electron chi connectivity index (χ0n) is 9.54. The molecule has 4 N–H and O–H groups in total. The maximum Gasteiger partial charge on any atom is 0.316 e. The van der Waals surface area contributed by atoms with Crippen molar-refractivity contribution in [2.24, 2.45) is 5.73 Å². The number of likely N-dealkylation sites (tertiary alicyclic amines) is 1. The number of hydrogen-bond acceptors (Lipinski definition) is 5. The highest BCUT2D eigenvalue weighted by molar-refractivity contribution is 7.32. The van der Waals surface area contributed by atoms with Crippen LogP contribution in [-0.2, 0) is 13.9 Å². The van der Waals surface area contributed by atoms with Crippen molar-refractivity contribution in [3.63, 3.8) is 0 Å². The van der Waals surface area contributed by atoms with Gasteiger partial charge in [-0.25, -0.2) is 0 Å². The molecule has 0 radical (unpaired) electrons. The molecular formula is C9H19N2O5P. The highest BCUT2D eigenvalue weighted by atomic mass is 31.1. The summed E-state index contributed by atoms with van der Waals surface area (Å²) in [4.78, 5) is 21.9. The van der Waals surface area contributed by atoms with Gasteiger partial charge in [0.05, 0.1) is 18.8 Å². The monoisotopic (exact) mass is 266 g/mol. The summed E-state index contributed by atoms with van der Waals surface area (Å²) in [5.74, 6) is -0.0989. The first-order chi connectivity index (χ1) is 8.04. The molecular weight excluding hydrogens is 247 g/mol. The first-order valence-corrected chi connectivity index (χ1v) is 6.84. The Morgan fingerprint density at radius 3 is 2.88 bits per heavy atom. The van der Waals surface area contributed by atoms with Crippen molar-refractivity contribution >= 4 is 14.2 Å². The van der Waals surface area contributed by atoms with Gasteiger partial charge in [0.15, 0.2) is 0 Å². The van der Waals surface area contributed by atoms with Crippen molar-refractivity contribution in [3.05, 3.63) is 0 Å². The van der Waals surface area contributed by atoms with Crippen molar-refractivity contribution in [2.75, 3.05) is 19.7 Å². The fourth-order valence-electron chi connectivity index (χ4n) is 1.92. The minimum Gasteiger partial charge on any atom is -0.391 e. The van der Waals surface area contributed by atoms with Crippen LogP contribution in [0.25, 0.3) is 0 Å². The predicted octanol–water partition coefficient (Wildman–Crippen LogP) is -0.914. The summed E-state index contributed by atoms with van der Waals surface area (Å²) in [6.07, 6.45) is 0.707. The Hall–Kier alpha value is -0.460. The van der Waals surface area contributed by atoms with E-state index in [0.29, 0.717) is 25.8 Å². The Morgan fingerprint density at radius 2 is 2.29 bits per heavy atom. The van der Waals surface area contributed by atoms with Gasteiger partial charge in [-0.15, -0.1) is 0 Å². The predicted molar refractivity (Wildman–Crippen MR) is 61.6 cm³/mol. The maximum absolute atomic E-state index is 11.8. The molecule has 3 unspecified atom stereocenters. The lowest BCUT2D eigenvalue weighted by atomic mass is 10.2. The number of β-amino-alcohol motifs (C(OH)–C–C–N with tert-alkyl or cyclic N) is 1. The summed E-state index contributed by atoms with van der Waals surface area (Å²) < 4.78 is 15.1. The van der Waals surface area contributed by atoms with Crippen LogP contribution in [0.1, 0.15) is 19.3 Å². The molecule has 1 amide bonds. The van der Waals surface area contributed by atoms with Gasteiger partial charge in [0, 0.05) is 13.0 Å². The lowest BCUT2D eigenvalue weighted by molar-refractivity contribution is -0.132. The second kappa shape index (κ2) is 7.08. The molecule has 0 aromatic carbocycles. The van der Waals surface area contributed by atoms with Crippen LogP contribution in [0.2, 0.25) is 0 Å². The number of aliphatic hydroxyl groups excluding tert-OH is 1. The van der Waals surface area contributed by atoms with Crippen LogP contribution in [0.3, 0.4) is 0 Å². The number of nitrogens with zero attached hydrogens (tertiary/aromatic N) is 1. The molecule has 7 nitrogen and oxygen atoms in total. The molecule has 0 saturated carbocycles. The molecule has 0 aromatic heterocycles. The highest BCUT2D eigenvalue weighted by Gasteiger charge is 2.34. The van der Waals surface area contributed by atoms with Crippen LogP contribution < -0.4 is 5.73 Å². The Balaban J connectivity index is 2.49. The van der Waals surface area contributed by atoms with Gasteiger partial charge >= 0.3 is 8.25 Å². The summed E-state index contributed by atoms with van der Waals surface area (Å²) in [6, 6.07) is -0.323. The summed E-state index contributed by atoms with van der Waals surface area (Å²) in [5.41, 5.74) is 5.32. The quantitative estimate of drug-likeness (QED) is 0.536. The first-order valence-electron chi connectivity index (χ1n) is 5.58. The van der Waals surface area contributed by atoms with Gasteiger partial charge in [-0.2, -0.15) is 0 Å².